The van der Waals surface area contributed by atoms with Crippen molar-refractivity contribution >= 4 is 17.5 Å². The lowest BCUT2D eigenvalue weighted by Crippen LogP contribution is -2.30. The highest BCUT2D eigenvalue weighted by Gasteiger charge is 2.12. The highest BCUT2D eigenvalue weighted by atomic mass is 16.5. The summed E-state index contributed by atoms with van der Waals surface area (Å²) in [5, 5.41) is 2.73. The van der Waals surface area contributed by atoms with Gasteiger partial charge in [0.1, 0.15) is 5.75 Å². The second-order valence-electron chi connectivity index (χ2n) is 5.48. The van der Waals surface area contributed by atoms with Crippen molar-refractivity contribution in [2.45, 2.75) is 6.54 Å². The molecule has 2 rings (SSSR count). The molecule has 3 N–H and O–H groups in total. The fourth-order valence-corrected chi connectivity index (χ4v) is 2.34. The SMILES string of the molecule is COc1ccc(CN(C)CC(=O)Nc2ccccc2C(N)=O)cc1. The van der Waals surface area contributed by atoms with Gasteiger partial charge in [-0.2, -0.15) is 0 Å². The highest BCUT2D eigenvalue weighted by molar-refractivity contribution is 6.03. The fraction of sp³-hybridized carbons (Fsp3) is 0.222. The van der Waals surface area contributed by atoms with E-state index in [1.165, 1.54) is 0 Å². The van der Waals surface area contributed by atoms with Crippen LogP contribution in [0.2, 0.25) is 0 Å². The molecule has 0 aromatic heterocycles. The number of likely N-dealkylation sites (N-methyl/N-ethyl adjacent to an activating group) is 1. The minimum absolute atomic E-state index is 0.194. The van der Waals surface area contributed by atoms with Crippen LogP contribution in [0.4, 0.5) is 5.69 Å². The van der Waals surface area contributed by atoms with Gasteiger partial charge in [0.2, 0.25) is 5.91 Å². The average molecular weight is 327 g/mol. The van der Waals surface area contributed by atoms with E-state index in [1.807, 2.05) is 36.2 Å². The lowest BCUT2D eigenvalue weighted by atomic mass is 10.1. The number of nitrogens with one attached hydrogen (secondary N) is 1. The number of hydrogen-bond acceptors (Lipinski definition) is 4. The predicted molar refractivity (Wildman–Crippen MR) is 92.9 cm³/mol. The van der Waals surface area contributed by atoms with E-state index in [1.54, 1.807) is 31.4 Å². The van der Waals surface area contributed by atoms with Gasteiger partial charge in [-0.25, -0.2) is 0 Å². The number of ether oxygens (including phenoxy) is 1. The Morgan fingerprint density at radius 2 is 1.79 bits per heavy atom. The molecule has 0 spiro atoms. The van der Waals surface area contributed by atoms with Gasteiger partial charge < -0.3 is 15.8 Å². The number of primary amides is 1. The van der Waals surface area contributed by atoms with Gasteiger partial charge in [-0.3, -0.25) is 14.5 Å². The molecule has 24 heavy (non-hydrogen) atoms. The van der Waals surface area contributed by atoms with Crippen molar-refractivity contribution in [2.24, 2.45) is 5.73 Å². The molecule has 0 saturated heterocycles. The van der Waals surface area contributed by atoms with Gasteiger partial charge in [0, 0.05) is 6.54 Å². The van der Waals surface area contributed by atoms with Crippen molar-refractivity contribution in [3.63, 3.8) is 0 Å². The standard InChI is InChI=1S/C18H21N3O3/c1-21(11-13-7-9-14(24-2)10-8-13)12-17(22)20-16-6-4-3-5-15(16)18(19)23/h3-10H,11-12H2,1-2H3,(H2,19,23)(H,20,22). The van der Waals surface area contributed by atoms with E-state index >= 15 is 0 Å². The van der Waals surface area contributed by atoms with Gasteiger partial charge >= 0.3 is 0 Å². The van der Waals surface area contributed by atoms with Crippen LogP contribution in [0.1, 0.15) is 15.9 Å². The quantitative estimate of drug-likeness (QED) is 0.813. The predicted octanol–water partition coefficient (Wildman–Crippen LogP) is 1.86. The maximum Gasteiger partial charge on any atom is 0.250 e. The third-order valence-electron chi connectivity index (χ3n) is 3.49. The minimum atomic E-state index is -0.572. The van der Waals surface area contributed by atoms with Crippen LogP contribution in [0.3, 0.4) is 0 Å². The molecule has 0 heterocycles. The molecule has 0 unspecified atom stereocenters. The molecule has 0 saturated carbocycles. The number of rotatable bonds is 7. The Bertz CT molecular complexity index is 714. The van der Waals surface area contributed by atoms with Crippen LogP contribution in [0.25, 0.3) is 0 Å². The molecular formula is C18H21N3O3. The molecule has 6 heteroatoms. The third kappa shape index (κ3) is 4.82. The molecule has 2 aromatic rings. The zero-order valence-electron chi connectivity index (χ0n) is 13.8. The lowest BCUT2D eigenvalue weighted by molar-refractivity contribution is -0.117. The Morgan fingerprint density at radius 1 is 1.12 bits per heavy atom. The van der Waals surface area contributed by atoms with Crippen LogP contribution < -0.4 is 15.8 Å². The fourth-order valence-electron chi connectivity index (χ4n) is 2.34. The van der Waals surface area contributed by atoms with Crippen molar-refractivity contribution in [1.82, 2.24) is 4.90 Å². The maximum atomic E-state index is 12.2. The molecule has 2 amide bonds. The first-order valence-corrected chi connectivity index (χ1v) is 7.49. The van der Waals surface area contributed by atoms with Crippen molar-refractivity contribution in [3.05, 3.63) is 59.7 Å². The normalized spacial score (nSPS) is 10.5. The topological polar surface area (TPSA) is 84.7 Å². The molecule has 0 radical (unpaired) electrons. The largest absolute Gasteiger partial charge is 0.497 e. The van der Waals surface area contributed by atoms with E-state index in [9.17, 15) is 9.59 Å². The molecule has 6 nitrogen and oxygen atoms in total. The second-order valence-corrected chi connectivity index (χ2v) is 5.48. The van der Waals surface area contributed by atoms with Crippen molar-refractivity contribution in [1.29, 1.82) is 0 Å². The number of nitrogens with zero attached hydrogens (tertiary/aromatic N) is 1. The van der Waals surface area contributed by atoms with E-state index in [0.29, 0.717) is 17.8 Å². The number of nitrogens with two attached hydrogens (primary N) is 1. The first kappa shape index (κ1) is 17.5. The number of benzene rings is 2. The van der Waals surface area contributed by atoms with Crippen LogP contribution in [0.5, 0.6) is 5.75 Å². The Labute approximate surface area is 141 Å². The van der Waals surface area contributed by atoms with Crippen molar-refractivity contribution in [2.75, 3.05) is 26.0 Å². The van der Waals surface area contributed by atoms with Gasteiger partial charge in [0.05, 0.1) is 24.9 Å². The molecule has 2 aromatic carbocycles. The number of hydrogen-bond donors (Lipinski definition) is 2. The Morgan fingerprint density at radius 3 is 2.42 bits per heavy atom. The van der Waals surface area contributed by atoms with Gasteiger partial charge in [-0.1, -0.05) is 24.3 Å². The van der Waals surface area contributed by atoms with Gasteiger partial charge in [0.15, 0.2) is 0 Å². The molecule has 0 aliphatic heterocycles. The molecular weight excluding hydrogens is 306 g/mol. The van der Waals surface area contributed by atoms with E-state index in [2.05, 4.69) is 5.32 Å². The smallest absolute Gasteiger partial charge is 0.250 e. The first-order chi connectivity index (χ1) is 11.5. The monoisotopic (exact) mass is 327 g/mol. The van der Waals surface area contributed by atoms with Crippen molar-refractivity contribution in [3.8, 4) is 5.75 Å². The Balaban J connectivity index is 1.93. The number of amides is 2. The van der Waals surface area contributed by atoms with E-state index in [0.717, 1.165) is 11.3 Å². The number of carbonyl (C=O) groups excluding carboxylic acids is 2. The molecule has 0 fully saturated rings. The molecule has 0 atom stereocenters. The van der Waals surface area contributed by atoms with Crippen LogP contribution in [-0.4, -0.2) is 37.4 Å². The van der Waals surface area contributed by atoms with Crippen LogP contribution in [-0.2, 0) is 11.3 Å². The van der Waals surface area contributed by atoms with Gasteiger partial charge in [-0.15, -0.1) is 0 Å². The summed E-state index contributed by atoms with van der Waals surface area (Å²) < 4.78 is 5.12. The highest BCUT2D eigenvalue weighted by Crippen LogP contribution is 2.15. The third-order valence-corrected chi connectivity index (χ3v) is 3.49. The van der Waals surface area contributed by atoms with Crippen LogP contribution in [0, 0.1) is 0 Å². The number of carbonyl (C=O) groups is 2. The number of methoxy groups -OCH3 is 1. The molecule has 126 valence electrons. The average Bonchev–Trinajstić information content (AvgIpc) is 2.55. The van der Waals surface area contributed by atoms with Crippen LogP contribution in [0.15, 0.2) is 48.5 Å². The number of para-hydroxylation sites is 1. The summed E-state index contributed by atoms with van der Waals surface area (Å²) in [5.41, 5.74) is 7.10. The van der Waals surface area contributed by atoms with Gasteiger partial charge in [-0.05, 0) is 36.9 Å². The number of anilines is 1. The second kappa shape index (κ2) is 8.12. The van der Waals surface area contributed by atoms with E-state index in [4.69, 9.17) is 10.5 Å². The zero-order chi connectivity index (χ0) is 17.5. The van der Waals surface area contributed by atoms with E-state index < -0.39 is 5.91 Å². The Kier molecular flexibility index (Phi) is 5.92. The first-order valence-electron chi connectivity index (χ1n) is 7.49. The van der Waals surface area contributed by atoms with Crippen LogP contribution >= 0.6 is 0 Å². The summed E-state index contributed by atoms with van der Waals surface area (Å²) in [4.78, 5) is 25.4. The van der Waals surface area contributed by atoms with Crippen molar-refractivity contribution < 1.29 is 14.3 Å². The summed E-state index contributed by atoms with van der Waals surface area (Å²) in [6, 6.07) is 14.3. The summed E-state index contributed by atoms with van der Waals surface area (Å²) in [6.07, 6.45) is 0. The zero-order valence-corrected chi connectivity index (χ0v) is 13.8. The van der Waals surface area contributed by atoms with Gasteiger partial charge in [0.25, 0.3) is 5.91 Å². The molecule has 0 bridgehead atoms. The molecule has 0 aliphatic rings. The Hall–Kier alpha value is -2.86. The van der Waals surface area contributed by atoms with E-state index in [-0.39, 0.29) is 12.5 Å². The minimum Gasteiger partial charge on any atom is -0.497 e. The molecule has 0 aliphatic carbocycles. The lowest BCUT2D eigenvalue weighted by Gasteiger charge is -2.17. The summed E-state index contributed by atoms with van der Waals surface area (Å²) in [7, 11) is 3.47. The maximum absolute atomic E-state index is 12.2. The summed E-state index contributed by atoms with van der Waals surface area (Å²) in [5.74, 6) is 0.0133. The summed E-state index contributed by atoms with van der Waals surface area (Å²) in [6.45, 7) is 0.813. The summed E-state index contributed by atoms with van der Waals surface area (Å²) >= 11 is 0.